The molecule has 0 saturated carbocycles. The summed E-state index contributed by atoms with van der Waals surface area (Å²) in [5, 5.41) is 0. The van der Waals surface area contributed by atoms with Gasteiger partial charge >= 0.3 is 0 Å². The van der Waals surface area contributed by atoms with Crippen LogP contribution >= 0.6 is 11.6 Å². The molecule has 0 amide bonds. The number of alkyl halides is 1. The van der Waals surface area contributed by atoms with Crippen molar-refractivity contribution in [2.24, 2.45) is 0 Å². The maximum Gasteiger partial charge on any atom is 0.297 e. The van der Waals surface area contributed by atoms with Crippen LogP contribution in [-0.4, -0.2) is 27.2 Å². The van der Waals surface area contributed by atoms with Crippen molar-refractivity contribution < 1.29 is 17.3 Å². The zero-order valence-electron chi connectivity index (χ0n) is 10.4. The average Bonchev–Trinajstić information content (AvgIpc) is 2.34. The summed E-state index contributed by atoms with van der Waals surface area (Å²) in [4.78, 5) is 0.118. The molecule has 0 unspecified atom stereocenters. The molecule has 0 heterocycles. The smallest absolute Gasteiger partial charge is 0.297 e. The first-order valence-corrected chi connectivity index (χ1v) is 7.52. The first-order chi connectivity index (χ1) is 8.45. The standard InChI is InChI=1S/C12H17ClO4S/c1-3-8-16-12(13)9-17-18(14,15)11-6-4-10(2)5-7-11/h4-7,12H,3,8-9H2,1-2H3/t12-/m0/s1. The van der Waals surface area contributed by atoms with Gasteiger partial charge in [-0.05, 0) is 25.5 Å². The molecular weight excluding hydrogens is 276 g/mol. The van der Waals surface area contributed by atoms with Gasteiger partial charge in [0.05, 0.1) is 4.90 Å². The number of rotatable bonds is 7. The molecule has 0 bridgehead atoms. The Kier molecular flexibility index (Phi) is 6.08. The van der Waals surface area contributed by atoms with Gasteiger partial charge in [0.1, 0.15) is 6.61 Å². The quantitative estimate of drug-likeness (QED) is 0.573. The lowest BCUT2D eigenvalue weighted by Crippen LogP contribution is -2.17. The van der Waals surface area contributed by atoms with Gasteiger partial charge in [0.2, 0.25) is 0 Å². The Hall–Kier alpha value is -0.620. The van der Waals surface area contributed by atoms with Crippen molar-refractivity contribution in [3.8, 4) is 0 Å². The summed E-state index contributed by atoms with van der Waals surface area (Å²) in [5.74, 6) is 0. The molecule has 0 aliphatic rings. The second kappa shape index (κ2) is 7.09. The van der Waals surface area contributed by atoms with Crippen LogP contribution in [0, 0.1) is 6.92 Å². The van der Waals surface area contributed by atoms with E-state index >= 15 is 0 Å². The molecule has 102 valence electrons. The minimum absolute atomic E-state index is 0.118. The average molecular weight is 293 g/mol. The minimum Gasteiger partial charge on any atom is -0.360 e. The van der Waals surface area contributed by atoms with Crippen LogP contribution < -0.4 is 0 Å². The van der Waals surface area contributed by atoms with Crippen molar-refractivity contribution in [1.29, 1.82) is 0 Å². The van der Waals surface area contributed by atoms with Crippen molar-refractivity contribution in [2.45, 2.75) is 30.7 Å². The fourth-order valence-electron chi connectivity index (χ4n) is 1.21. The summed E-state index contributed by atoms with van der Waals surface area (Å²) >= 11 is 5.77. The van der Waals surface area contributed by atoms with Crippen molar-refractivity contribution in [3.63, 3.8) is 0 Å². The fourth-order valence-corrected chi connectivity index (χ4v) is 2.34. The molecule has 0 aliphatic heterocycles. The zero-order chi connectivity index (χ0) is 13.6. The molecule has 0 N–H and O–H groups in total. The van der Waals surface area contributed by atoms with Crippen LogP contribution in [0.3, 0.4) is 0 Å². The van der Waals surface area contributed by atoms with Gasteiger partial charge in [0.15, 0.2) is 5.56 Å². The zero-order valence-corrected chi connectivity index (χ0v) is 12.0. The highest BCUT2D eigenvalue weighted by Crippen LogP contribution is 2.14. The van der Waals surface area contributed by atoms with Gasteiger partial charge in [0, 0.05) is 6.61 Å². The molecule has 1 rings (SSSR count). The van der Waals surface area contributed by atoms with Crippen LogP contribution in [0.5, 0.6) is 0 Å². The number of hydrogen-bond acceptors (Lipinski definition) is 4. The Bertz CT molecular complexity index is 455. The Morgan fingerprint density at radius 3 is 2.44 bits per heavy atom. The summed E-state index contributed by atoms with van der Waals surface area (Å²) < 4.78 is 33.5. The summed E-state index contributed by atoms with van der Waals surface area (Å²) in [5.41, 5.74) is 0.223. The molecule has 0 aliphatic carbocycles. The van der Waals surface area contributed by atoms with E-state index < -0.39 is 15.7 Å². The normalized spacial score (nSPS) is 13.5. The second-order valence-corrected chi connectivity index (χ2v) is 5.93. The van der Waals surface area contributed by atoms with E-state index in [4.69, 9.17) is 20.5 Å². The minimum atomic E-state index is -3.76. The summed E-state index contributed by atoms with van der Waals surface area (Å²) in [6, 6.07) is 6.42. The van der Waals surface area contributed by atoms with E-state index in [9.17, 15) is 8.42 Å². The second-order valence-electron chi connectivity index (χ2n) is 3.83. The molecule has 4 nitrogen and oxygen atoms in total. The van der Waals surface area contributed by atoms with E-state index in [0.29, 0.717) is 6.61 Å². The molecule has 1 atom stereocenters. The van der Waals surface area contributed by atoms with E-state index in [1.54, 1.807) is 12.1 Å². The molecule has 6 heteroatoms. The molecule has 0 saturated heterocycles. The molecule has 18 heavy (non-hydrogen) atoms. The predicted molar refractivity (Wildman–Crippen MR) is 70.2 cm³/mol. The van der Waals surface area contributed by atoms with Gasteiger partial charge < -0.3 is 4.74 Å². The van der Waals surface area contributed by atoms with Gasteiger partial charge in [-0.15, -0.1) is 0 Å². The third-order valence-electron chi connectivity index (χ3n) is 2.17. The van der Waals surface area contributed by atoms with E-state index in [1.807, 2.05) is 13.8 Å². The van der Waals surface area contributed by atoms with E-state index in [2.05, 4.69) is 0 Å². The van der Waals surface area contributed by atoms with Gasteiger partial charge in [-0.25, -0.2) is 0 Å². The first-order valence-electron chi connectivity index (χ1n) is 5.67. The van der Waals surface area contributed by atoms with E-state index in [1.165, 1.54) is 12.1 Å². The van der Waals surface area contributed by atoms with Crippen LogP contribution in [-0.2, 0) is 19.0 Å². The third-order valence-corrected chi connectivity index (χ3v) is 3.71. The molecule has 0 radical (unpaired) electrons. The van der Waals surface area contributed by atoms with Crippen LogP contribution in [0.4, 0.5) is 0 Å². The topological polar surface area (TPSA) is 52.6 Å². The number of aryl methyl sites for hydroxylation is 1. The van der Waals surface area contributed by atoms with Crippen molar-refractivity contribution in [1.82, 2.24) is 0 Å². The van der Waals surface area contributed by atoms with Gasteiger partial charge in [0.25, 0.3) is 10.1 Å². The molecule has 1 aromatic rings. The molecule has 0 aromatic heterocycles. The lowest BCUT2D eigenvalue weighted by atomic mass is 10.2. The van der Waals surface area contributed by atoms with Crippen molar-refractivity contribution in [2.75, 3.05) is 13.2 Å². The Morgan fingerprint density at radius 1 is 1.28 bits per heavy atom. The summed E-state index contributed by atoms with van der Waals surface area (Å²) in [6.07, 6.45) is 0.813. The molecule has 1 aromatic carbocycles. The Morgan fingerprint density at radius 2 is 1.89 bits per heavy atom. The largest absolute Gasteiger partial charge is 0.360 e. The number of hydrogen-bond donors (Lipinski definition) is 0. The highest BCUT2D eigenvalue weighted by molar-refractivity contribution is 7.86. The highest BCUT2D eigenvalue weighted by atomic mass is 35.5. The van der Waals surface area contributed by atoms with Gasteiger partial charge in [-0.2, -0.15) is 8.42 Å². The molecule has 0 spiro atoms. The number of halogens is 1. The number of ether oxygens (including phenoxy) is 1. The summed E-state index contributed by atoms with van der Waals surface area (Å²) in [7, 11) is -3.76. The maximum absolute atomic E-state index is 11.8. The van der Waals surface area contributed by atoms with Gasteiger partial charge in [-0.3, -0.25) is 4.18 Å². The Labute approximate surface area is 113 Å². The third kappa shape index (κ3) is 4.94. The van der Waals surface area contributed by atoms with Crippen molar-refractivity contribution >= 4 is 21.7 Å². The van der Waals surface area contributed by atoms with Crippen molar-refractivity contribution in [3.05, 3.63) is 29.8 Å². The SMILES string of the molecule is CCCO[C@H](Cl)COS(=O)(=O)c1ccc(C)cc1. The Balaban J connectivity index is 2.57. The summed E-state index contributed by atoms with van der Waals surface area (Å²) in [6.45, 7) is 4.10. The molecule has 0 fully saturated rings. The van der Waals surface area contributed by atoms with Crippen LogP contribution in [0.2, 0.25) is 0 Å². The molecular formula is C12H17ClO4S. The van der Waals surface area contributed by atoms with Crippen LogP contribution in [0.25, 0.3) is 0 Å². The lowest BCUT2D eigenvalue weighted by molar-refractivity contribution is 0.0738. The van der Waals surface area contributed by atoms with E-state index in [0.717, 1.165) is 12.0 Å². The fraction of sp³-hybridized carbons (Fsp3) is 0.500. The lowest BCUT2D eigenvalue weighted by Gasteiger charge is -2.11. The highest BCUT2D eigenvalue weighted by Gasteiger charge is 2.17. The predicted octanol–water partition coefficient (Wildman–Crippen LogP) is 2.69. The maximum atomic E-state index is 11.8. The number of benzene rings is 1. The van der Waals surface area contributed by atoms with E-state index in [-0.39, 0.29) is 11.5 Å². The van der Waals surface area contributed by atoms with Crippen LogP contribution in [0.1, 0.15) is 18.9 Å². The first kappa shape index (κ1) is 15.4. The monoisotopic (exact) mass is 292 g/mol. The van der Waals surface area contributed by atoms with Gasteiger partial charge in [-0.1, -0.05) is 36.2 Å². The van der Waals surface area contributed by atoms with Crippen LogP contribution in [0.15, 0.2) is 29.2 Å².